The van der Waals surface area contributed by atoms with Crippen molar-refractivity contribution in [2.75, 3.05) is 13.2 Å². The third-order valence-corrected chi connectivity index (χ3v) is 5.87. The van der Waals surface area contributed by atoms with Crippen LogP contribution in [0.4, 0.5) is 17.6 Å². The number of benzene rings is 1. The average molecular weight is 451 g/mol. The minimum Gasteiger partial charge on any atom is -0.385 e. The largest absolute Gasteiger partial charge is 0.416 e. The predicted molar refractivity (Wildman–Crippen MR) is 107 cm³/mol. The fourth-order valence-corrected chi connectivity index (χ4v) is 4.15. The minimum absolute atomic E-state index is 0.0493. The summed E-state index contributed by atoms with van der Waals surface area (Å²) < 4.78 is 61.1. The van der Waals surface area contributed by atoms with Crippen LogP contribution in [-0.4, -0.2) is 39.2 Å². The minimum atomic E-state index is -4.73. The number of aryl methyl sites for hydroxylation is 1. The standard InChI is InChI=1S/C22H21F4N3O3/c1-13-10-27-18-15(5-7-29(18)11-13)19(30)28-21(6-8-32-12-20(21,2)31)16-4-3-14(9-17(16)23)22(24,25)26/h3-5,7,9-11,31H,6,8,12H2,1-2H3,(H,28,30)/t20-,21-/m0/s1. The first-order valence-electron chi connectivity index (χ1n) is 9.88. The van der Waals surface area contributed by atoms with Crippen LogP contribution in [0.5, 0.6) is 0 Å². The fourth-order valence-electron chi connectivity index (χ4n) is 4.15. The monoisotopic (exact) mass is 451 g/mol. The topological polar surface area (TPSA) is 75.9 Å². The number of carbonyl (C=O) groups excluding carboxylic acids is 1. The van der Waals surface area contributed by atoms with Gasteiger partial charge in [-0.1, -0.05) is 6.07 Å². The summed E-state index contributed by atoms with van der Waals surface area (Å²) in [6, 6.07) is 3.59. The van der Waals surface area contributed by atoms with E-state index in [0.717, 1.165) is 17.7 Å². The van der Waals surface area contributed by atoms with Gasteiger partial charge in [-0.05, 0) is 37.6 Å². The highest BCUT2D eigenvalue weighted by Crippen LogP contribution is 2.42. The average Bonchev–Trinajstić information content (AvgIpc) is 3.12. The van der Waals surface area contributed by atoms with Crippen LogP contribution >= 0.6 is 0 Å². The van der Waals surface area contributed by atoms with Crippen LogP contribution in [0.25, 0.3) is 5.65 Å². The molecule has 0 radical (unpaired) electrons. The second-order valence-corrected chi connectivity index (χ2v) is 8.22. The van der Waals surface area contributed by atoms with Crippen LogP contribution in [0.2, 0.25) is 0 Å². The van der Waals surface area contributed by atoms with Gasteiger partial charge in [0.05, 0.1) is 17.7 Å². The van der Waals surface area contributed by atoms with Crippen molar-refractivity contribution in [3.05, 3.63) is 70.9 Å². The number of aromatic nitrogens is 2. The number of alkyl halides is 3. The van der Waals surface area contributed by atoms with Gasteiger partial charge in [-0.25, -0.2) is 9.37 Å². The van der Waals surface area contributed by atoms with Crippen molar-refractivity contribution < 1.29 is 32.2 Å². The van der Waals surface area contributed by atoms with E-state index in [-0.39, 0.29) is 30.8 Å². The van der Waals surface area contributed by atoms with Crippen molar-refractivity contribution in [3.63, 3.8) is 0 Å². The molecule has 0 spiro atoms. The lowest BCUT2D eigenvalue weighted by molar-refractivity contribution is -0.140. The summed E-state index contributed by atoms with van der Waals surface area (Å²) in [5.41, 5.74) is -3.54. The molecular weight excluding hydrogens is 430 g/mol. The molecule has 4 rings (SSSR count). The zero-order valence-corrected chi connectivity index (χ0v) is 17.3. The maximum Gasteiger partial charge on any atom is 0.416 e. The summed E-state index contributed by atoms with van der Waals surface area (Å²) in [5.74, 6) is -1.83. The van der Waals surface area contributed by atoms with Crippen LogP contribution in [0.1, 0.15) is 40.4 Å². The van der Waals surface area contributed by atoms with Gasteiger partial charge in [0.15, 0.2) is 0 Å². The van der Waals surface area contributed by atoms with E-state index in [1.54, 1.807) is 23.0 Å². The van der Waals surface area contributed by atoms with Gasteiger partial charge in [-0.15, -0.1) is 0 Å². The van der Waals surface area contributed by atoms with E-state index in [1.165, 1.54) is 13.0 Å². The Morgan fingerprint density at radius 2 is 2.06 bits per heavy atom. The Kier molecular flexibility index (Phi) is 5.25. The number of nitrogens with one attached hydrogen (secondary N) is 1. The van der Waals surface area contributed by atoms with E-state index in [1.807, 2.05) is 6.92 Å². The molecule has 0 bridgehead atoms. The Bertz CT molecular complexity index is 1190. The lowest BCUT2D eigenvalue weighted by atomic mass is 9.71. The molecule has 3 heterocycles. The third kappa shape index (κ3) is 3.63. The molecule has 1 aliphatic rings. The SMILES string of the molecule is Cc1cnc2c(C(=O)N[C@]3(c4ccc(C(F)(F)F)cc4F)CCOC[C@]3(C)O)ccn2c1. The van der Waals surface area contributed by atoms with E-state index in [2.05, 4.69) is 10.3 Å². The number of fused-ring (bicyclic) bond motifs is 1. The van der Waals surface area contributed by atoms with Crippen molar-refractivity contribution in [2.24, 2.45) is 0 Å². The molecule has 1 saturated heterocycles. The number of amides is 1. The molecule has 32 heavy (non-hydrogen) atoms. The maximum atomic E-state index is 15.0. The van der Waals surface area contributed by atoms with Gasteiger partial charge in [0.1, 0.15) is 22.6 Å². The van der Waals surface area contributed by atoms with Crippen molar-refractivity contribution in [3.8, 4) is 0 Å². The molecule has 1 aliphatic heterocycles. The normalized spacial score (nSPS) is 24.0. The lowest BCUT2D eigenvalue weighted by Gasteiger charge is -2.49. The van der Waals surface area contributed by atoms with Crippen molar-refractivity contribution in [2.45, 2.75) is 37.6 Å². The number of nitrogens with zero attached hydrogens (tertiary/aromatic N) is 2. The molecule has 0 saturated carbocycles. The van der Waals surface area contributed by atoms with Crippen LogP contribution in [0, 0.1) is 12.7 Å². The van der Waals surface area contributed by atoms with Crippen molar-refractivity contribution in [1.82, 2.24) is 14.7 Å². The molecule has 0 unspecified atom stereocenters. The number of aliphatic hydroxyl groups is 1. The van der Waals surface area contributed by atoms with Gasteiger partial charge in [0.25, 0.3) is 5.91 Å². The van der Waals surface area contributed by atoms with Crippen LogP contribution < -0.4 is 5.32 Å². The molecule has 10 heteroatoms. The van der Waals surface area contributed by atoms with Gasteiger partial charge in [-0.3, -0.25) is 4.79 Å². The second kappa shape index (κ2) is 7.56. The Morgan fingerprint density at radius 1 is 1.31 bits per heavy atom. The van der Waals surface area contributed by atoms with E-state index in [9.17, 15) is 23.1 Å². The van der Waals surface area contributed by atoms with Crippen molar-refractivity contribution >= 4 is 11.6 Å². The Morgan fingerprint density at radius 3 is 2.72 bits per heavy atom. The summed E-state index contributed by atoms with van der Waals surface area (Å²) >= 11 is 0. The molecule has 2 N–H and O–H groups in total. The highest BCUT2D eigenvalue weighted by atomic mass is 19.4. The van der Waals surface area contributed by atoms with Crippen molar-refractivity contribution in [1.29, 1.82) is 0 Å². The number of halogens is 4. The molecule has 1 aromatic carbocycles. The van der Waals surface area contributed by atoms with Crippen LogP contribution in [0.15, 0.2) is 42.9 Å². The molecule has 2 atom stereocenters. The lowest BCUT2D eigenvalue weighted by Crippen LogP contribution is -2.65. The third-order valence-electron chi connectivity index (χ3n) is 5.87. The molecule has 1 fully saturated rings. The number of carbonyl (C=O) groups is 1. The summed E-state index contributed by atoms with van der Waals surface area (Å²) in [6.07, 6.45) is 0.213. The zero-order valence-electron chi connectivity index (χ0n) is 17.3. The second-order valence-electron chi connectivity index (χ2n) is 8.22. The fraction of sp³-hybridized carbons (Fsp3) is 0.364. The van der Waals surface area contributed by atoms with E-state index in [0.29, 0.717) is 11.7 Å². The summed E-state index contributed by atoms with van der Waals surface area (Å²) in [5, 5.41) is 13.8. The quantitative estimate of drug-likeness (QED) is 0.597. The van der Waals surface area contributed by atoms with E-state index < -0.39 is 34.6 Å². The van der Waals surface area contributed by atoms with Gasteiger partial charge >= 0.3 is 6.18 Å². The van der Waals surface area contributed by atoms with E-state index in [4.69, 9.17) is 4.74 Å². The first kappa shape index (κ1) is 22.2. The van der Waals surface area contributed by atoms with Gasteiger partial charge < -0.3 is 19.6 Å². The Balaban J connectivity index is 1.80. The number of ether oxygens (including phenoxy) is 1. The molecule has 0 aliphatic carbocycles. The first-order valence-corrected chi connectivity index (χ1v) is 9.88. The molecular formula is C22H21F4N3O3. The van der Waals surface area contributed by atoms with Gasteiger partial charge in [-0.2, -0.15) is 13.2 Å². The molecule has 6 nitrogen and oxygen atoms in total. The molecule has 3 aromatic rings. The highest BCUT2D eigenvalue weighted by Gasteiger charge is 2.53. The number of hydrogen-bond donors (Lipinski definition) is 2. The van der Waals surface area contributed by atoms with E-state index >= 15 is 4.39 Å². The van der Waals surface area contributed by atoms with Crippen LogP contribution in [0.3, 0.4) is 0 Å². The maximum absolute atomic E-state index is 15.0. The summed E-state index contributed by atoms with van der Waals surface area (Å²) in [4.78, 5) is 17.5. The Hall–Kier alpha value is -2.98. The zero-order chi connectivity index (χ0) is 23.3. The van der Waals surface area contributed by atoms with Gasteiger partial charge in [0, 0.05) is 37.2 Å². The molecule has 1 amide bonds. The summed E-state index contributed by atoms with van der Waals surface area (Å²) in [6.45, 7) is 3.00. The van der Waals surface area contributed by atoms with Crippen LogP contribution in [-0.2, 0) is 16.5 Å². The Labute approximate surface area is 180 Å². The number of hydrogen-bond acceptors (Lipinski definition) is 4. The highest BCUT2D eigenvalue weighted by molar-refractivity contribution is 6.00. The predicted octanol–water partition coefficient (Wildman–Crippen LogP) is 3.60. The van der Waals surface area contributed by atoms with Gasteiger partial charge in [0.2, 0.25) is 0 Å². The molecule has 2 aromatic heterocycles. The summed E-state index contributed by atoms with van der Waals surface area (Å²) in [7, 11) is 0. The molecule has 170 valence electrons. The number of rotatable bonds is 3. The first-order chi connectivity index (χ1) is 14.9. The smallest absolute Gasteiger partial charge is 0.385 e.